The van der Waals surface area contributed by atoms with Gasteiger partial charge in [-0.1, -0.05) is 80.6 Å². The third-order valence-corrected chi connectivity index (χ3v) is 7.73. The molecule has 0 fully saturated rings. The molecule has 4 aromatic rings. The number of rotatable bonds is 2. The standard InChI is InChI=1S/C32H25NO/c1-32(2)26-14-13-22(20-9-11-21(12-10-20)23-6-5-17-33-19-23)18-25(26)30-27(32)15-16-29-31(30)24-7-3-4-8-28(24)34-29/h3-19,24,28H,1-2H3. The first-order valence-electron chi connectivity index (χ1n) is 12.0. The van der Waals surface area contributed by atoms with Crippen molar-refractivity contribution in [1.29, 1.82) is 0 Å². The molecule has 0 spiro atoms. The summed E-state index contributed by atoms with van der Waals surface area (Å²) in [6.45, 7) is 4.69. The Morgan fingerprint density at radius 2 is 1.50 bits per heavy atom. The van der Waals surface area contributed by atoms with Crippen LogP contribution in [0.25, 0.3) is 33.4 Å². The lowest BCUT2D eigenvalue weighted by Gasteiger charge is -2.22. The molecular weight excluding hydrogens is 414 g/mol. The molecule has 3 aromatic carbocycles. The molecule has 0 radical (unpaired) electrons. The van der Waals surface area contributed by atoms with Gasteiger partial charge in [0, 0.05) is 29.3 Å². The zero-order valence-electron chi connectivity index (χ0n) is 19.3. The second-order valence-electron chi connectivity index (χ2n) is 9.98. The summed E-state index contributed by atoms with van der Waals surface area (Å²) in [4.78, 5) is 4.25. The zero-order valence-corrected chi connectivity index (χ0v) is 19.3. The van der Waals surface area contributed by atoms with Gasteiger partial charge in [-0.3, -0.25) is 4.98 Å². The third-order valence-electron chi connectivity index (χ3n) is 7.73. The zero-order chi connectivity index (χ0) is 22.9. The molecule has 1 aliphatic heterocycles. The molecule has 0 saturated carbocycles. The van der Waals surface area contributed by atoms with E-state index >= 15 is 0 Å². The average molecular weight is 440 g/mol. The van der Waals surface area contributed by atoms with E-state index in [4.69, 9.17) is 4.74 Å². The number of hydrogen-bond donors (Lipinski definition) is 0. The molecule has 2 aliphatic carbocycles. The number of allylic oxidation sites excluding steroid dienone is 2. The summed E-state index contributed by atoms with van der Waals surface area (Å²) in [5, 5.41) is 0. The fraction of sp³-hybridized carbons (Fsp3) is 0.156. The first-order chi connectivity index (χ1) is 16.6. The van der Waals surface area contributed by atoms with Gasteiger partial charge in [-0.2, -0.15) is 0 Å². The second-order valence-corrected chi connectivity index (χ2v) is 9.98. The lowest BCUT2D eigenvalue weighted by Crippen LogP contribution is -2.16. The summed E-state index contributed by atoms with van der Waals surface area (Å²) in [6.07, 6.45) is 12.5. The monoisotopic (exact) mass is 439 g/mol. The summed E-state index contributed by atoms with van der Waals surface area (Å²) in [5.74, 6) is 1.30. The van der Waals surface area contributed by atoms with E-state index in [1.807, 2.05) is 18.5 Å². The number of aromatic nitrogens is 1. The van der Waals surface area contributed by atoms with Crippen LogP contribution in [0.4, 0.5) is 0 Å². The SMILES string of the molecule is CC1(C)c2ccc(-c3ccc(-c4cccnc4)cc3)cc2-c2c1ccc1c2C2C=CC=CC2O1. The van der Waals surface area contributed by atoms with E-state index in [2.05, 4.69) is 104 Å². The predicted molar refractivity (Wildman–Crippen MR) is 138 cm³/mol. The molecule has 164 valence electrons. The quantitative estimate of drug-likeness (QED) is 0.319. The number of hydrogen-bond acceptors (Lipinski definition) is 2. The Bertz CT molecular complexity index is 1490. The lowest BCUT2D eigenvalue weighted by atomic mass is 9.81. The van der Waals surface area contributed by atoms with Crippen molar-refractivity contribution in [2.24, 2.45) is 0 Å². The van der Waals surface area contributed by atoms with Crippen molar-refractivity contribution in [3.8, 4) is 39.1 Å². The maximum Gasteiger partial charge on any atom is 0.128 e. The minimum atomic E-state index is -0.0330. The largest absolute Gasteiger partial charge is 0.485 e. The number of nitrogens with zero attached hydrogens (tertiary/aromatic N) is 1. The minimum Gasteiger partial charge on any atom is -0.485 e. The van der Waals surface area contributed by atoms with Gasteiger partial charge in [0.05, 0.1) is 0 Å². The molecule has 7 rings (SSSR count). The van der Waals surface area contributed by atoms with Crippen molar-refractivity contribution in [1.82, 2.24) is 4.98 Å². The van der Waals surface area contributed by atoms with Gasteiger partial charge in [0.1, 0.15) is 11.9 Å². The van der Waals surface area contributed by atoms with Crippen LogP contribution in [0.3, 0.4) is 0 Å². The van der Waals surface area contributed by atoms with Gasteiger partial charge < -0.3 is 4.74 Å². The van der Waals surface area contributed by atoms with Crippen molar-refractivity contribution in [2.75, 3.05) is 0 Å². The van der Waals surface area contributed by atoms with Crippen molar-refractivity contribution in [3.63, 3.8) is 0 Å². The second kappa shape index (κ2) is 7.04. The van der Waals surface area contributed by atoms with Crippen LogP contribution in [0.5, 0.6) is 5.75 Å². The Kier molecular flexibility index (Phi) is 4.05. The van der Waals surface area contributed by atoms with E-state index in [-0.39, 0.29) is 17.4 Å². The van der Waals surface area contributed by atoms with Crippen molar-refractivity contribution in [3.05, 3.63) is 120 Å². The van der Waals surface area contributed by atoms with Gasteiger partial charge in [-0.25, -0.2) is 0 Å². The van der Waals surface area contributed by atoms with Crippen molar-refractivity contribution >= 4 is 0 Å². The van der Waals surface area contributed by atoms with Crippen LogP contribution in [0.2, 0.25) is 0 Å². The van der Waals surface area contributed by atoms with Crippen molar-refractivity contribution < 1.29 is 4.74 Å². The Balaban J connectivity index is 1.36. The number of benzene rings is 3. The molecule has 0 bridgehead atoms. The van der Waals surface area contributed by atoms with E-state index in [1.165, 1.54) is 44.5 Å². The highest BCUT2D eigenvalue weighted by molar-refractivity contribution is 5.89. The predicted octanol–water partition coefficient (Wildman–Crippen LogP) is 7.69. The van der Waals surface area contributed by atoms with Crippen LogP contribution < -0.4 is 4.74 Å². The maximum absolute atomic E-state index is 6.35. The fourth-order valence-electron chi connectivity index (χ4n) is 5.96. The van der Waals surface area contributed by atoms with Crippen LogP contribution >= 0.6 is 0 Å². The third kappa shape index (κ3) is 2.72. The number of ether oxygens (including phenoxy) is 1. The first kappa shape index (κ1) is 19.5. The van der Waals surface area contributed by atoms with Gasteiger partial charge in [0.2, 0.25) is 0 Å². The average Bonchev–Trinajstić information content (AvgIpc) is 3.37. The van der Waals surface area contributed by atoms with Gasteiger partial charge in [0.15, 0.2) is 0 Å². The van der Waals surface area contributed by atoms with E-state index in [1.54, 1.807) is 0 Å². The van der Waals surface area contributed by atoms with E-state index < -0.39 is 0 Å². The molecule has 2 heterocycles. The smallest absolute Gasteiger partial charge is 0.128 e. The molecule has 3 aliphatic rings. The van der Waals surface area contributed by atoms with Crippen LogP contribution in [-0.4, -0.2) is 11.1 Å². The van der Waals surface area contributed by atoms with E-state index in [9.17, 15) is 0 Å². The molecular formula is C32H25NO. The van der Waals surface area contributed by atoms with E-state index in [0.717, 1.165) is 11.3 Å². The molecule has 2 unspecified atom stereocenters. The van der Waals surface area contributed by atoms with Crippen LogP contribution in [-0.2, 0) is 5.41 Å². The summed E-state index contributed by atoms with van der Waals surface area (Å²) >= 11 is 0. The topological polar surface area (TPSA) is 22.1 Å². The minimum absolute atomic E-state index is 0.0330. The molecule has 34 heavy (non-hydrogen) atoms. The Morgan fingerprint density at radius 3 is 2.29 bits per heavy atom. The highest BCUT2D eigenvalue weighted by atomic mass is 16.5. The first-order valence-corrected chi connectivity index (χ1v) is 12.0. The molecule has 0 N–H and O–H groups in total. The summed E-state index contributed by atoms with van der Waals surface area (Å²) < 4.78 is 6.35. The number of pyridine rings is 1. The molecule has 0 amide bonds. The summed E-state index contributed by atoms with van der Waals surface area (Å²) in [5.41, 5.74) is 11.6. The Hall–Kier alpha value is -3.91. The fourth-order valence-corrected chi connectivity index (χ4v) is 5.96. The lowest BCUT2D eigenvalue weighted by molar-refractivity contribution is 0.269. The molecule has 2 heteroatoms. The molecule has 1 aromatic heterocycles. The van der Waals surface area contributed by atoms with Gasteiger partial charge in [-0.15, -0.1) is 0 Å². The summed E-state index contributed by atoms with van der Waals surface area (Å²) in [6, 6.07) is 24.3. The number of fused-ring (bicyclic) bond motifs is 7. The van der Waals surface area contributed by atoms with Crippen LogP contribution in [0, 0.1) is 0 Å². The Morgan fingerprint density at radius 1 is 0.765 bits per heavy atom. The van der Waals surface area contributed by atoms with E-state index in [0.29, 0.717) is 0 Å². The molecule has 0 saturated heterocycles. The normalized spacial score (nSPS) is 20.3. The van der Waals surface area contributed by atoms with Crippen molar-refractivity contribution in [2.45, 2.75) is 31.3 Å². The van der Waals surface area contributed by atoms with Gasteiger partial charge >= 0.3 is 0 Å². The van der Waals surface area contributed by atoms with Crippen LogP contribution in [0.15, 0.2) is 103 Å². The maximum atomic E-state index is 6.35. The molecule has 2 atom stereocenters. The summed E-state index contributed by atoms with van der Waals surface area (Å²) in [7, 11) is 0. The highest BCUT2D eigenvalue weighted by Crippen LogP contribution is 2.56. The molecule has 2 nitrogen and oxygen atoms in total. The Labute approximate surface area is 200 Å². The highest BCUT2D eigenvalue weighted by Gasteiger charge is 2.42. The van der Waals surface area contributed by atoms with Crippen LogP contribution in [0.1, 0.15) is 36.5 Å². The van der Waals surface area contributed by atoms with Gasteiger partial charge in [-0.05, 0) is 68.8 Å². The van der Waals surface area contributed by atoms with Gasteiger partial charge in [0.25, 0.3) is 0 Å².